The van der Waals surface area contributed by atoms with Crippen LogP contribution in [0.25, 0.3) is 0 Å². The zero-order chi connectivity index (χ0) is 23.6. The van der Waals surface area contributed by atoms with E-state index >= 15 is 0 Å². The Morgan fingerprint density at radius 2 is 1.75 bits per heavy atom. The number of rotatable bonds is 7. The lowest BCUT2D eigenvalue weighted by molar-refractivity contribution is 0.0939. The summed E-state index contributed by atoms with van der Waals surface area (Å²) in [6.07, 6.45) is 1.69. The van der Waals surface area contributed by atoms with E-state index in [4.69, 9.17) is 16.3 Å². The van der Waals surface area contributed by atoms with E-state index in [-0.39, 0.29) is 27.4 Å². The third-order valence-electron chi connectivity index (χ3n) is 5.94. The molecule has 0 aliphatic carbocycles. The Balaban J connectivity index is 1.88. The van der Waals surface area contributed by atoms with Gasteiger partial charge in [0.15, 0.2) is 0 Å². The second-order valence-corrected chi connectivity index (χ2v) is 10.9. The van der Waals surface area contributed by atoms with Crippen molar-refractivity contribution in [2.75, 3.05) is 20.2 Å². The predicted molar refractivity (Wildman–Crippen MR) is 127 cm³/mol. The van der Waals surface area contributed by atoms with Crippen LogP contribution < -0.4 is 10.1 Å². The van der Waals surface area contributed by atoms with Gasteiger partial charge in [-0.2, -0.15) is 4.31 Å². The monoisotopic (exact) mass is 478 g/mol. The molecule has 0 aromatic heterocycles. The average Bonchev–Trinajstić information content (AvgIpc) is 3.29. The molecular weight excluding hydrogens is 448 g/mol. The Hall–Kier alpha value is -2.09. The maximum atomic E-state index is 13.1. The molecule has 1 N–H and O–H groups in total. The van der Waals surface area contributed by atoms with Crippen LogP contribution in [0.5, 0.6) is 5.75 Å². The second-order valence-electron chi connectivity index (χ2n) is 8.55. The van der Waals surface area contributed by atoms with Crippen LogP contribution in [-0.4, -0.2) is 38.8 Å². The molecular formula is C24H31ClN2O4S. The van der Waals surface area contributed by atoms with Crippen LogP contribution in [0, 0.1) is 6.92 Å². The van der Waals surface area contributed by atoms with Gasteiger partial charge >= 0.3 is 0 Å². The first kappa shape index (κ1) is 24.6. The Morgan fingerprint density at radius 3 is 2.34 bits per heavy atom. The Morgan fingerprint density at radius 1 is 1.09 bits per heavy atom. The summed E-state index contributed by atoms with van der Waals surface area (Å²) in [5, 5.41) is 3.19. The number of hydrogen-bond acceptors (Lipinski definition) is 4. The van der Waals surface area contributed by atoms with Crippen LogP contribution in [0.15, 0.2) is 35.2 Å². The van der Waals surface area contributed by atoms with Gasteiger partial charge < -0.3 is 10.1 Å². The highest BCUT2D eigenvalue weighted by molar-refractivity contribution is 7.89. The lowest BCUT2D eigenvalue weighted by Gasteiger charge is -2.21. The summed E-state index contributed by atoms with van der Waals surface area (Å²) in [5.74, 6) is 0.666. The molecule has 1 aliphatic rings. The van der Waals surface area contributed by atoms with E-state index in [1.54, 1.807) is 7.11 Å². The average molecular weight is 479 g/mol. The van der Waals surface area contributed by atoms with Crippen molar-refractivity contribution in [1.29, 1.82) is 0 Å². The first-order valence-corrected chi connectivity index (χ1v) is 12.7. The van der Waals surface area contributed by atoms with Crippen molar-refractivity contribution in [2.45, 2.75) is 57.4 Å². The topological polar surface area (TPSA) is 75.7 Å². The van der Waals surface area contributed by atoms with Gasteiger partial charge in [-0.25, -0.2) is 8.42 Å². The molecule has 1 amide bonds. The molecule has 1 fully saturated rings. The number of sulfonamides is 1. The highest BCUT2D eigenvalue weighted by Gasteiger charge is 2.28. The minimum Gasteiger partial charge on any atom is -0.496 e. The van der Waals surface area contributed by atoms with E-state index in [0.717, 1.165) is 35.3 Å². The van der Waals surface area contributed by atoms with Crippen molar-refractivity contribution in [1.82, 2.24) is 9.62 Å². The number of hydrogen-bond donors (Lipinski definition) is 1. The summed E-state index contributed by atoms with van der Waals surface area (Å²) < 4.78 is 32.8. The molecule has 2 aromatic carbocycles. The summed E-state index contributed by atoms with van der Waals surface area (Å²) in [7, 11) is -1.99. The maximum absolute atomic E-state index is 13.1. The van der Waals surface area contributed by atoms with Gasteiger partial charge in [-0.05, 0) is 79.6 Å². The molecule has 0 saturated carbocycles. The number of amides is 1. The molecule has 8 heteroatoms. The van der Waals surface area contributed by atoms with Crippen molar-refractivity contribution in [3.8, 4) is 5.75 Å². The van der Waals surface area contributed by atoms with Crippen molar-refractivity contribution in [2.24, 2.45) is 0 Å². The van der Waals surface area contributed by atoms with Crippen LogP contribution in [0.3, 0.4) is 0 Å². The first-order valence-electron chi connectivity index (χ1n) is 10.8. The normalized spacial score (nSPS) is 15.7. The third-order valence-corrected chi connectivity index (χ3v) is 8.16. The van der Waals surface area contributed by atoms with Crippen molar-refractivity contribution in [3.63, 3.8) is 0 Å². The Kier molecular flexibility index (Phi) is 7.53. The van der Waals surface area contributed by atoms with Gasteiger partial charge in [-0.15, -0.1) is 0 Å². The number of aryl methyl sites for hydroxylation is 1. The largest absolute Gasteiger partial charge is 0.496 e. The molecule has 0 unspecified atom stereocenters. The summed E-state index contributed by atoms with van der Waals surface area (Å²) in [4.78, 5) is 13.2. The lowest BCUT2D eigenvalue weighted by Crippen LogP contribution is -2.29. The molecule has 0 bridgehead atoms. The van der Waals surface area contributed by atoms with Crippen LogP contribution in [0.1, 0.15) is 72.6 Å². The van der Waals surface area contributed by atoms with Gasteiger partial charge in [0.1, 0.15) is 5.75 Å². The van der Waals surface area contributed by atoms with Crippen molar-refractivity contribution >= 4 is 27.5 Å². The van der Waals surface area contributed by atoms with Gasteiger partial charge in [0.25, 0.3) is 5.91 Å². The number of nitrogens with zero attached hydrogens (tertiary/aromatic N) is 1. The number of carbonyl (C=O) groups is 1. The zero-order valence-electron chi connectivity index (χ0n) is 19.2. The van der Waals surface area contributed by atoms with Crippen LogP contribution >= 0.6 is 11.6 Å². The van der Waals surface area contributed by atoms with E-state index in [1.807, 2.05) is 19.9 Å². The van der Waals surface area contributed by atoms with Crippen LogP contribution in [0.4, 0.5) is 0 Å². The van der Waals surface area contributed by atoms with Gasteiger partial charge in [0.05, 0.1) is 28.6 Å². The van der Waals surface area contributed by atoms with Gasteiger partial charge in [0.2, 0.25) is 10.0 Å². The summed E-state index contributed by atoms with van der Waals surface area (Å²) >= 11 is 6.28. The highest BCUT2D eigenvalue weighted by atomic mass is 35.5. The Labute approximate surface area is 196 Å². The number of halogens is 1. The van der Waals surface area contributed by atoms with Crippen LogP contribution in [-0.2, 0) is 10.0 Å². The molecule has 6 nitrogen and oxygen atoms in total. The molecule has 1 saturated heterocycles. The molecule has 0 radical (unpaired) electrons. The van der Waals surface area contributed by atoms with Crippen molar-refractivity contribution < 1.29 is 17.9 Å². The van der Waals surface area contributed by atoms with Gasteiger partial charge in [-0.3, -0.25) is 4.79 Å². The minimum absolute atomic E-state index is 0.0873. The van der Waals surface area contributed by atoms with E-state index in [1.165, 1.54) is 22.5 Å². The standard InChI is InChI=1S/C24H31ClN2O4S/c1-15(2)19-14-20(16(3)12-23(19)31-5)17(4)26-24(28)21-13-18(8-9-22(21)25)32(29,30)27-10-6-7-11-27/h8-9,12-15,17H,6-7,10-11H2,1-5H3,(H,26,28)/t17-/m1/s1. The molecule has 2 aromatic rings. The number of benzene rings is 2. The maximum Gasteiger partial charge on any atom is 0.253 e. The fraction of sp³-hybridized carbons (Fsp3) is 0.458. The zero-order valence-corrected chi connectivity index (χ0v) is 20.8. The molecule has 0 spiro atoms. The lowest BCUT2D eigenvalue weighted by atomic mass is 9.93. The quantitative estimate of drug-likeness (QED) is 0.603. The molecule has 174 valence electrons. The number of nitrogens with one attached hydrogen (secondary N) is 1. The fourth-order valence-corrected chi connectivity index (χ4v) is 5.83. The fourth-order valence-electron chi connectivity index (χ4n) is 4.08. The SMILES string of the molecule is COc1cc(C)c([C@@H](C)NC(=O)c2cc(S(=O)(=O)N3CCCC3)ccc2Cl)cc1C(C)C. The van der Waals surface area contributed by atoms with E-state index in [0.29, 0.717) is 13.1 Å². The first-order chi connectivity index (χ1) is 15.1. The van der Waals surface area contributed by atoms with Crippen LogP contribution in [0.2, 0.25) is 5.02 Å². The smallest absolute Gasteiger partial charge is 0.253 e. The van der Waals surface area contributed by atoms with Gasteiger partial charge in [-0.1, -0.05) is 25.4 Å². The molecule has 1 aliphatic heterocycles. The summed E-state index contributed by atoms with van der Waals surface area (Å²) in [6.45, 7) is 9.05. The summed E-state index contributed by atoms with van der Waals surface area (Å²) in [6, 6.07) is 8.03. The van der Waals surface area contributed by atoms with Gasteiger partial charge in [0, 0.05) is 13.1 Å². The number of ether oxygens (including phenoxy) is 1. The predicted octanol–water partition coefficient (Wildman–Crippen LogP) is 5.06. The number of carbonyl (C=O) groups excluding carboxylic acids is 1. The van der Waals surface area contributed by atoms with Crippen molar-refractivity contribution in [3.05, 3.63) is 57.6 Å². The second kappa shape index (κ2) is 9.81. The molecule has 3 rings (SSSR count). The van der Waals surface area contributed by atoms with E-state index in [2.05, 4.69) is 25.2 Å². The molecule has 1 atom stereocenters. The molecule has 1 heterocycles. The number of methoxy groups -OCH3 is 1. The van der Waals surface area contributed by atoms with E-state index < -0.39 is 15.9 Å². The highest BCUT2D eigenvalue weighted by Crippen LogP contribution is 2.32. The third kappa shape index (κ3) is 4.95. The molecule has 32 heavy (non-hydrogen) atoms. The summed E-state index contributed by atoms with van der Waals surface area (Å²) in [5.41, 5.74) is 3.18. The minimum atomic E-state index is -3.64. The Bertz CT molecular complexity index is 1110. The van der Waals surface area contributed by atoms with E-state index in [9.17, 15) is 13.2 Å².